The fourth-order valence-corrected chi connectivity index (χ4v) is 4.99. The molecule has 0 unspecified atom stereocenters. The van der Waals surface area contributed by atoms with Crippen molar-refractivity contribution in [1.82, 2.24) is 0 Å². The lowest BCUT2D eigenvalue weighted by molar-refractivity contribution is 0.705. The van der Waals surface area contributed by atoms with Crippen LogP contribution in [0.1, 0.15) is 22.6 Å². The molecule has 0 amide bonds. The SMILES string of the molecule is CSc1sc2c([s+]1)CCCC2. The van der Waals surface area contributed by atoms with E-state index in [9.17, 15) is 0 Å². The van der Waals surface area contributed by atoms with Gasteiger partial charge in [0.2, 0.25) is 0 Å². The van der Waals surface area contributed by atoms with Gasteiger partial charge in [-0.05, 0) is 19.1 Å². The Kier molecular flexibility index (Phi) is 2.49. The standard InChI is InChI=1S/C8H11S3/c1-9-8-10-6-4-2-3-5-7(6)11-8/h2-5H2,1H3/q+1. The van der Waals surface area contributed by atoms with Gasteiger partial charge in [0.1, 0.15) is 9.75 Å². The molecule has 3 heteroatoms. The third kappa shape index (κ3) is 1.60. The van der Waals surface area contributed by atoms with Gasteiger partial charge < -0.3 is 0 Å². The van der Waals surface area contributed by atoms with Crippen molar-refractivity contribution in [2.45, 2.75) is 29.2 Å². The zero-order chi connectivity index (χ0) is 7.68. The van der Waals surface area contributed by atoms with Crippen molar-refractivity contribution < 1.29 is 0 Å². The Hall–Kier alpha value is 0.400. The van der Waals surface area contributed by atoms with Crippen molar-refractivity contribution >= 4 is 34.4 Å². The predicted molar refractivity (Wildman–Crippen MR) is 55.0 cm³/mol. The molecule has 1 aliphatic rings. The number of hydrogen-bond acceptors (Lipinski definition) is 2. The first-order valence-corrected chi connectivity index (χ1v) is 6.74. The minimum absolute atomic E-state index is 1.34. The topological polar surface area (TPSA) is 0 Å². The van der Waals surface area contributed by atoms with Gasteiger partial charge in [-0.1, -0.05) is 11.8 Å². The van der Waals surface area contributed by atoms with Crippen LogP contribution in [-0.2, 0) is 12.8 Å². The zero-order valence-electron chi connectivity index (χ0n) is 6.55. The lowest BCUT2D eigenvalue weighted by atomic mass is 10.1. The van der Waals surface area contributed by atoms with Gasteiger partial charge in [-0.2, -0.15) is 0 Å². The molecule has 0 aliphatic heterocycles. The van der Waals surface area contributed by atoms with E-state index in [0.717, 1.165) is 0 Å². The summed E-state index contributed by atoms with van der Waals surface area (Å²) in [6, 6.07) is 0. The van der Waals surface area contributed by atoms with Gasteiger partial charge in [-0.3, -0.25) is 0 Å². The molecule has 11 heavy (non-hydrogen) atoms. The molecule has 1 aliphatic carbocycles. The average Bonchev–Trinajstić information content (AvgIpc) is 2.46. The molecule has 0 saturated carbocycles. The quantitative estimate of drug-likeness (QED) is 0.495. The second-order valence-corrected chi connectivity index (χ2v) is 6.51. The maximum Gasteiger partial charge on any atom is 0.312 e. The first-order chi connectivity index (χ1) is 5.40. The van der Waals surface area contributed by atoms with Crippen molar-refractivity contribution in [3.63, 3.8) is 0 Å². The summed E-state index contributed by atoms with van der Waals surface area (Å²) < 4.78 is 1.54. The first kappa shape index (κ1) is 8.02. The summed E-state index contributed by atoms with van der Waals surface area (Å²) in [6.45, 7) is 0. The van der Waals surface area contributed by atoms with Crippen LogP contribution >= 0.6 is 34.4 Å². The van der Waals surface area contributed by atoms with E-state index in [1.807, 2.05) is 34.4 Å². The Bertz CT molecular complexity index is 228. The molecule has 0 nitrogen and oxygen atoms in total. The van der Waals surface area contributed by atoms with Crippen LogP contribution in [0, 0.1) is 0 Å². The largest absolute Gasteiger partial charge is 0.312 e. The summed E-state index contributed by atoms with van der Waals surface area (Å²) in [5.41, 5.74) is 0. The minimum atomic E-state index is 1.34. The van der Waals surface area contributed by atoms with Gasteiger partial charge >= 0.3 is 3.52 Å². The second-order valence-electron chi connectivity index (χ2n) is 2.71. The smallest absolute Gasteiger partial charge is 0.0591 e. The maximum absolute atomic E-state index is 2.17. The molecule has 60 valence electrons. The monoisotopic (exact) mass is 203 g/mol. The van der Waals surface area contributed by atoms with Gasteiger partial charge in [0, 0.05) is 12.8 Å². The Labute approximate surface area is 79.7 Å². The molecule has 1 aromatic rings. The number of rotatable bonds is 1. The number of hydrogen-bond donors (Lipinski definition) is 0. The highest BCUT2D eigenvalue weighted by molar-refractivity contribution is 8.02. The molecule has 0 saturated heterocycles. The zero-order valence-corrected chi connectivity index (χ0v) is 9.00. The number of fused-ring (bicyclic) bond motifs is 1. The van der Waals surface area contributed by atoms with Crippen LogP contribution < -0.4 is 0 Å². The molecule has 0 radical (unpaired) electrons. The molecule has 1 heterocycles. The highest BCUT2D eigenvalue weighted by Gasteiger charge is 2.24. The van der Waals surface area contributed by atoms with E-state index >= 15 is 0 Å². The summed E-state index contributed by atoms with van der Waals surface area (Å²) in [6.07, 6.45) is 7.68. The molecule has 0 N–H and O–H groups in total. The molecule has 0 atom stereocenters. The molecule has 2 rings (SSSR count). The Morgan fingerprint density at radius 3 is 2.91 bits per heavy atom. The van der Waals surface area contributed by atoms with Crippen LogP contribution in [0.25, 0.3) is 0 Å². The maximum atomic E-state index is 2.17. The van der Waals surface area contributed by atoms with Gasteiger partial charge in [-0.15, -0.1) is 0 Å². The second kappa shape index (κ2) is 3.42. The predicted octanol–water partition coefficient (Wildman–Crippen LogP) is 3.69. The molecule has 0 aromatic carbocycles. The van der Waals surface area contributed by atoms with Crippen molar-refractivity contribution in [1.29, 1.82) is 0 Å². The van der Waals surface area contributed by atoms with Crippen LogP contribution in [0.3, 0.4) is 0 Å². The van der Waals surface area contributed by atoms with E-state index < -0.39 is 0 Å². The van der Waals surface area contributed by atoms with E-state index in [1.165, 1.54) is 29.2 Å². The third-order valence-corrected chi connectivity index (χ3v) is 6.14. The summed E-state index contributed by atoms with van der Waals surface area (Å²) in [7, 11) is 0. The normalized spacial score (nSPS) is 16.5. The molecule has 0 fully saturated rings. The fraction of sp³-hybridized carbons (Fsp3) is 0.625. The van der Waals surface area contributed by atoms with E-state index in [2.05, 4.69) is 6.26 Å². The Morgan fingerprint density at radius 2 is 2.18 bits per heavy atom. The Morgan fingerprint density at radius 1 is 1.36 bits per heavy atom. The third-order valence-electron chi connectivity index (χ3n) is 1.95. The highest BCUT2D eigenvalue weighted by Crippen LogP contribution is 2.38. The van der Waals surface area contributed by atoms with E-state index in [4.69, 9.17) is 0 Å². The molecule has 0 spiro atoms. The van der Waals surface area contributed by atoms with Crippen LogP contribution in [0.5, 0.6) is 0 Å². The lowest BCUT2D eigenvalue weighted by Gasteiger charge is -2.01. The summed E-state index contributed by atoms with van der Waals surface area (Å²) >= 11 is 5.93. The highest BCUT2D eigenvalue weighted by atomic mass is 32.2. The van der Waals surface area contributed by atoms with Crippen LogP contribution in [0.4, 0.5) is 0 Å². The minimum Gasteiger partial charge on any atom is -0.0591 e. The first-order valence-electron chi connectivity index (χ1n) is 3.89. The van der Waals surface area contributed by atoms with Crippen LogP contribution in [0.2, 0.25) is 0 Å². The lowest BCUT2D eigenvalue weighted by Crippen LogP contribution is -1.95. The van der Waals surface area contributed by atoms with Gasteiger partial charge in [0.15, 0.2) is 0 Å². The van der Waals surface area contributed by atoms with Gasteiger partial charge in [0.05, 0.1) is 22.7 Å². The van der Waals surface area contributed by atoms with E-state index in [-0.39, 0.29) is 0 Å². The average molecular weight is 203 g/mol. The van der Waals surface area contributed by atoms with E-state index in [0.29, 0.717) is 0 Å². The van der Waals surface area contributed by atoms with Crippen molar-refractivity contribution in [2.75, 3.05) is 6.26 Å². The van der Waals surface area contributed by atoms with E-state index in [1.54, 1.807) is 9.75 Å². The fourth-order valence-electron chi connectivity index (χ4n) is 1.37. The van der Waals surface area contributed by atoms with Gasteiger partial charge in [0.25, 0.3) is 0 Å². The molecule has 1 aromatic heterocycles. The summed E-state index contributed by atoms with van der Waals surface area (Å²) in [5, 5.41) is 0. The molecule has 0 bridgehead atoms. The van der Waals surface area contributed by atoms with Crippen LogP contribution in [0.15, 0.2) is 3.52 Å². The van der Waals surface area contributed by atoms with Crippen molar-refractivity contribution in [3.05, 3.63) is 9.75 Å². The Balaban J connectivity index is 2.32. The molecular weight excluding hydrogens is 192 g/mol. The summed E-state index contributed by atoms with van der Waals surface area (Å²) in [5.74, 6) is 0. The van der Waals surface area contributed by atoms with Crippen molar-refractivity contribution in [3.8, 4) is 0 Å². The molecular formula is C8H11S3+. The van der Waals surface area contributed by atoms with Gasteiger partial charge in [-0.25, -0.2) is 0 Å². The number of aryl methyl sites for hydroxylation is 2. The van der Waals surface area contributed by atoms with Crippen LogP contribution in [-0.4, -0.2) is 6.26 Å². The van der Waals surface area contributed by atoms with Crippen molar-refractivity contribution in [2.24, 2.45) is 0 Å². The number of thioether (sulfide) groups is 1. The summed E-state index contributed by atoms with van der Waals surface area (Å²) in [4.78, 5) is 3.34.